The quantitative estimate of drug-likeness (QED) is 0.794. The summed E-state index contributed by atoms with van der Waals surface area (Å²) in [5.41, 5.74) is 5.47. The molecule has 0 bridgehead atoms. The number of Topliss-reactive ketones (excluding diaryl/α,β-unsaturated/α-hetero) is 1. The molecule has 0 aliphatic carbocycles. The van der Waals surface area contributed by atoms with Crippen LogP contribution in [-0.4, -0.2) is 17.4 Å². The maximum Gasteiger partial charge on any atom is 0.185 e. The van der Waals surface area contributed by atoms with Crippen LogP contribution >= 0.6 is 0 Å². The molecule has 0 saturated heterocycles. The fourth-order valence-electron chi connectivity index (χ4n) is 1.36. The van der Waals surface area contributed by atoms with E-state index in [1.165, 1.54) is 0 Å². The second kappa shape index (κ2) is 4.66. The Balaban J connectivity index is 3.09. The van der Waals surface area contributed by atoms with Crippen molar-refractivity contribution >= 4 is 5.78 Å². The van der Waals surface area contributed by atoms with Crippen LogP contribution in [0.3, 0.4) is 0 Å². The highest BCUT2D eigenvalue weighted by atomic mass is 16.5. The van der Waals surface area contributed by atoms with Gasteiger partial charge in [0.15, 0.2) is 5.78 Å². The van der Waals surface area contributed by atoms with E-state index in [4.69, 9.17) is 10.5 Å². The van der Waals surface area contributed by atoms with Crippen LogP contribution in [0.2, 0.25) is 0 Å². The minimum absolute atomic E-state index is 0.0369. The number of para-hydroxylation sites is 1. The predicted molar refractivity (Wildman–Crippen MR) is 64.8 cm³/mol. The molecule has 0 atom stereocenters. The first-order valence-electron chi connectivity index (χ1n) is 5.41. The van der Waals surface area contributed by atoms with Gasteiger partial charge in [-0.15, -0.1) is 0 Å². The predicted octanol–water partition coefficient (Wildman–Crippen LogP) is 2.39. The lowest BCUT2D eigenvalue weighted by Crippen LogP contribution is -2.41. The van der Waals surface area contributed by atoms with Gasteiger partial charge in [-0.3, -0.25) is 4.79 Å². The molecule has 0 aliphatic rings. The normalized spacial score (nSPS) is 11.6. The largest absolute Gasteiger partial charge is 0.490 e. The average molecular weight is 221 g/mol. The molecule has 0 heterocycles. The number of hydrogen-bond acceptors (Lipinski definition) is 3. The van der Waals surface area contributed by atoms with Gasteiger partial charge in [0.25, 0.3) is 0 Å². The number of hydrogen-bond donors (Lipinski definition) is 1. The first-order valence-corrected chi connectivity index (χ1v) is 5.41. The molecule has 0 amide bonds. The van der Waals surface area contributed by atoms with Crippen LogP contribution < -0.4 is 10.5 Å². The molecule has 0 aliphatic heterocycles. The van der Waals surface area contributed by atoms with Crippen molar-refractivity contribution in [1.29, 1.82) is 0 Å². The highest BCUT2D eigenvalue weighted by Gasteiger charge is 2.26. The topological polar surface area (TPSA) is 52.3 Å². The molecule has 0 spiro atoms. The van der Waals surface area contributed by atoms with Crippen LogP contribution in [-0.2, 0) is 0 Å². The summed E-state index contributed by atoms with van der Waals surface area (Å²) in [5, 5.41) is 0. The maximum atomic E-state index is 12.1. The number of ether oxygens (including phenoxy) is 1. The van der Waals surface area contributed by atoms with Gasteiger partial charge >= 0.3 is 0 Å². The number of ketones is 1. The Morgan fingerprint density at radius 1 is 1.31 bits per heavy atom. The van der Waals surface area contributed by atoms with Crippen molar-refractivity contribution < 1.29 is 9.53 Å². The van der Waals surface area contributed by atoms with Gasteiger partial charge in [0.05, 0.1) is 17.2 Å². The average Bonchev–Trinajstić information content (AvgIpc) is 2.15. The van der Waals surface area contributed by atoms with Gasteiger partial charge in [0, 0.05) is 0 Å². The third-order valence-corrected chi connectivity index (χ3v) is 2.08. The Labute approximate surface area is 96.6 Å². The highest BCUT2D eigenvalue weighted by molar-refractivity contribution is 6.04. The van der Waals surface area contributed by atoms with Gasteiger partial charge in [-0.1, -0.05) is 12.1 Å². The SMILES string of the molecule is CC(C)Oc1ccccc1C(=O)C(C)(C)N. The van der Waals surface area contributed by atoms with Crippen LogP contribution in [0, 0.1) is 0 Å². The van der Waals surface area contributed by atoms with E-state index in [-0.39, 0.29) is 11.9 Å². The highest BCUT2D eigenvalue weighted by Crippen LogP contribution is 2.23. The van der Waals surface area contributed by atoms with Crippen molar-refractivity contribution in [2.45, 2.75) is 39.3 Å². The molecule has 0 fully saturated rings. The third-order valence-electron chi connectivity index (χ3n) is 2.08. The summed E-state index contributed by atoms with van der Waals surface area (Å²) in [5.74, 6) is 0.491. The van der Waals surface area contributed by atoms with Crippen LogP contribution in [0.5, 0.6) is 5.75 Å². The van der Waals surface area contributed by atoms with Crippen LogP contribution in [0.4, 0.5) is 0 Å². The molecule has 1 rings (SSSR count). The first kappa shape index (κ1) is 12.7. The smallest absolute Gasteiger partial charge is 0.185 e. The lowest BCUT2D eigenvalue weighted by molar-refractivity contribution is 0.0907. The van der Waals surface area contributed by atoms with Crippen LogP contribution in [0.25, 0.3) is 0 Å². The molecular formula is C13H19NO2. The van der Waals surface area contributed by atoms with Crippen molar-refractivity contribution in [3.63, 3.8) is 0 Å². The summed E-state index contributed by atoms with van der Waals surface area (Å²) in [4.78, 5) is 12.1. The van der Waals surface area contributed by atoms with E-state index in [9.17, 15) is 4.79 Å². The molecular weight excluding hydrogens is 202 g/mol. The minimum Gasteiger partial charge on any atom is -0.490 e. The van der Waals surface area contributed by atoms with Crippen molar-refractivity contribution in [3.8, 4) is 5.75 Å². The van der Waals surface area contributed by atoms with Crippen molar-refractivity contribution in [1.82, 2.24) is 0 Å². The molecule has 1 aromatic carbocycles. The molecule has 0 radical (unpaired) electrons. The Morgan fingerprint density at radius 2 is 1.88 bits per heavy atom. The molecule has 1 aromatic rings. The molecule has 3 heteroatoms. The number of carbonyl (C=O) groups excluding carboxylic acids is 1. The third kappa shape index (κ3) is 3.07. The molecule has 3 nitrogen and oxygen atoms in total. The summed E-state index contributed by atoms with van der Waals surface area (Å²) >= 11 is 0. The second-order valence-electron chi connectivity index (χ2n) is 4.71. The summed E-state index contributed by atoms with van der Waals surface area (Å²) in [6.45, 7) is 7.24. The lowest BCUT2D eigenvalue weighted by atomic mass is 9.94. The summed E-state index contributed by atoms with van der Waals surface area (Å²) in [6, 6.07) is 7.19. The van der Waals surface area contributed by atoms with Crippen molar-refractivity contribution in [2.75, 3.05) is 0 Å². The van der Waals surface area contributed by atoms with Crippen LogP contribution in [0.1, 0.15) is 38.1 Å². The van der Waals surface area contributed by atoms with E-state index in [0.29, 0.717) is 11.3 Å². The van der Waals surface area contributed by atoms with E-state index >= 15 is 0 Å². The van der Waals surface area contributed by atoms with Crippen LogP contribution in [0.15, 0.2) is 24.3 Å². The van der Waals surface area contributed by atoms with Gasteiger partial charge in [-0.05, 0) is 39.8 Å². The zero-order valence-electron chi connectivity index (χ0n) is 10.3. The molecule has 2 N–H and O–H groups in total. The van der Waals surface area contributed by atoms with E-state index in [1.54, 1.807) is 26.0 Å². The Kier molecular flexibility index (Phi) is 3.70. The van der Waals surface area contributed by atoms with Crippen molar-refractivity contribution in [2.24, 2.45) is 5.73 Å². The number of rotatable bonds is 4. The molecule has 0 aromatic heterocycles. The van der Waals surface area contributed by atoms with E-state index < -0.39 is 5.54 Å². The van der Waals surface area contributed by atoms with E-state index in [1.807, 2.05) is 26.0 Å². The van der Waals surface area contributed by atoms with E-state index in [2.05, 4.69) is 0 Å². The number of carbonyl (C=O) groups is 1. The van der Waals surface area contributed by atoms with Gasteiger partial charge in [-0.25, -0.2) is 0 Å². The minimum atomic E-state index is -0.879. The Morgan fingerprint density at radius 3 is 2.38 bits per heavy atom. The number of benzene rings is 1. The summed E-state index contributed by atoms with van der Waals surface area (Å²) in [7, 11) is 0. The monoisotopic (exact) mass is 221 g/mol. The first-order chi connectivity index (χ1) is 7.32. The van der Waals surface area contributed by atoms with Gasteiger partial charge in [-0.2, -0.15) is 0 Å². The fourth-order valence-corrected chi connectivity index (χ4v) is 1.36. The molecule has 0 saturated carbocycles. The van der Waals surface area contributed by atoms with Gasteiger partial charge in [0.1, 0.15) is 5.75 Å². The Hall–Kier alpha value is -1.35. The zero-order chi connectivity index (χ0) is 12.3. The lowest BCUT2D eigenvalue weighted by Gasteiger charge is -2.20. The van der Waals surface area contributed by atoms with E-state index in [0.717, 1.165) is 0 Å². The molecule has 0 unspecified atom stereocenters. The van der Waals surface area contributed by atoms with Gasteiger partial charge < -0.3 is 10.5 Å². The zero-order valence-corrected chi connectivity index (χ0v) is 10.3. The number of nitrogens with two attached hydrogens (primary N) is 1. The molecule has 16 heavy (non-hydrogen) atoms. The molecule has 88 valence electrons. The summed E-state index contributed by atoms with van der Waals surface area (Å²) in [6.07, 6.45) is 0.0369. The second-order valence-corrected chi connectivity index (χ2v) is 4.71. The standard InChI is InChI=1S/C13H19NO2/c1-9(2)16-11-8-6-5-7-10(11)12(15)13(3,4)14/h5-9H,14H2,1-4H3. The van der Waals surface area contributed by atoms with Crippen molar-refractivity contribution in [3.05, 3.63) is 29.8 Å². The Bertz CT molecular complexity index is 378. The maximum absolute atomic E-state index is 12.1. The fraction of sp³-hybridized carbons (Fsp3) is 0.462. The summed E-state index contributed by atoms with van der Waals surface area (Å²) < 4.78 is 5.59. The van der Waals surface area contributed by atoms with Gasteiger partial charge in [0.2, 0.25) is 0 Å².